The van der Waals surface area contributed by atoms with Crippen LogP contribution < -0.4 is 0 Å². The number of halogens is 5. The minimum atomic E-state index is -2.17. The third-order valence-corrected chi connectivity index (χ3v) is 4.94. The van der Waals surface area contributed by atoms with E-state index in [1.165, 1.54) is 6.07 Å². The van der Waals surface area contributed by atoms with Crippen molar-refractivity contribution in [3.8, 4) is 11.1 Å². The van der Waals surface area contributed by atoms with Gasteiger partial charge in [-0.3, -0.25) is 0 Å². The van der Waals surface area contributed by atoms with Crippen molar-refractivity contribution < 1.29 is 22.0 Å². The minimum Gasteiger partial charge on any atom is -0.309 e. The van der Waals surface area contributed by atoms with E-state index < -0.39 is 34.6 Å². The predicted octanol–water partition coefficient (Wildman–Crippen LogP) is 6.61. The first-order valence-electron chi connectivity index (χ1n) is 8.43. The molecule has 0 saturated heterocycles. The molecule has 0 amide bonds. The third kappa shape index (κ3) is 2.11. The Labute approximate surface area is 155 Å². The Morgan fingerprint density at radius 2 is 0.964 bits per heavy atom. The average molecular weight is 383 g/mol. The Kier molecular flexibility index (Phi) is 3.46. The number of aromatic nitrogens is 1. The van der Waals surface area contributed by atoms with E-state index in [1.807, 2.05) is 36.4 Å². The summed E-state index contributed by atoms with van der Waals surface area (Å²) in [6, 6.07) is 17.5. The number of para-hydroxylation sites is 2. The molecule has 2 heterocycles. The average Bonchev–Trinajstić information content (AvgIpc) is 3.11. The highest BCUT2D eigenvalue weighted by Gasteiger charge is 2.28. The molecule has 0 saturated carbocycles. The highest BCUT2D eigenvalue weighted by atomic mass is 19.2. The van der Waals surface area contributed by atoms with Crippen LogP contribution in [-0.2, 0) is 0 Å². The molecule has 0 radical (unpaired) electrons. The van der Waals surface area contributed by atoms with Gasteiger partial charge in [-0.15, -0.1) is 0 Å². The summed E-state index contributed by atoms with van der Waals surface area (Å²) in [6.07, 6.45) is 0. The SMILES string of the molecule is Fc1c(F)c(F)c(-c2cc3ccccc3n3c2cc2ccccc23)c(F)c1F. The molecule has 3 aromatic carbocycles. The van der Waals surface area contributed by atoms with E-state index >= 15 is 0 Å². The van der Waals surface area contributed by atoms with Gasteiger partial charge in [0.15, 0.2) is 23.3 Å². The molecule has 0 bridgehead atoms. The van der Waals surface area contributed by atoms with Crippen molar-refractivity contribution in [1.29, 1.82) is 0 Å². The number of hydrogen-bond donors (Lipinski definition) is 0. The smallest absolute Gasteiger partial charge is 0.200 e. The lowest BCUT2D eigenvalue weighted by Gasteiger charge is -2.13. The summed E-state index contributed by atoms with van der Waals surface area (Å²) < 4.78 is 72.0. The molecule has 2 aromatic heterocycles. The summed E-state index contributed by atoms with van der Waals surface area (Å²) >= 11 is 0. The Morgan fingerprint density at radius 3 is 1.54 bits per heavy atom. The minimum absolute atomic E-state index is 0.0669. The van der Waals surface area contributed by atoms with Gasteiger partial charge >= 0.3 is 0 Å². The molecule has 0 N–H and O–H groups in total. The first-order valence-corrected chi connectivity index (χ1v) is 8.43. The fourth-order valence-corrected chi connectivity index (χ4v) is 3.70. The highest BCUT2D eigenvalue weighted by Crippen LogP contribution is 2.38. The van der Waals surface area contributed by atoms with Crippen molar-refractivity contribution in [2.45, 2.75) is 0 Å². The summed E-state index contributed by atoms with van der Waals surface area (Å²) in [5.41, 5.74) is 0.867. The van der Waals surface area contributed by atoms with E-state index in [0.717, 1.165) is 16.4 Å². The molecule has 0 spiro atoms. The Morgan fingerprint density at radius 1 is 0.500 bits per heavy atom. The number of pyridine rings is 1. The van der Waals surface area contributed by atoms with Crippen molar-refractivity contribution in [3.05, 3.63) is 89.7 Å². The van der Waals surface area contributed by atoms with Crippen LogP contribution in [-0.4, -0.2) is 4.40 Å². The molecule has 0 atom stereocenters. The van der Waals surface area contributed by atoms with Gasteiger partial charge in [-0.2, -0.15) is 0 Å². The van der Waals surface area contributed by atoms with Gasteiger partial charge in [0.05, 0.1) is 22.1 Å². The maximum Gasteiger partial charge on any atom is 0.200 e. The molecule has 28 heavy (non-hydrogen) atoms. The van der Waals surface area contributed by atoms with E-state index in [9.17, 15) is 22.0 Å². The topological polar surface area (TPSA) is 4.41 Å². The Bertz CT molecular complexity index is 1390. The van der Waals surface area contributed by atoms with Crippen molar-refractivity contribution in [3.63, 3.8) is 0 Å². The molecule has 6 heteroatoms. The second-order valence-electron chi connectivity index (χ2n) is 6.49. The lowest BCUT2D eigenvalue weighted by Crippen LogP contribution is -2.05. The number of hydrogen-bond acceptors (Lipinski definition) is 0. The fourth-order valence-electron chi connectivity index (χ4n) is 3.70. The van der Waals surface area contributed by atoms with Crippen molar-refractivity contribution in [1.82, 2.24) is 4.40 Å². The van der Waals surface area contributed by atoms with Crippen LogP contribution in [0.4, 0.5) is 22.0 Å². The molecule has 0 aliphatic heterocycles. The molecular weight excluding hydrogens is 373 g/mol. The van der Waals surface area contributed by atoms with Gasteiger partial charge in [-0.05, 0) is 29.7 Å². The van der Waals surface area contributed by atoms with Crippen LogP contribution in [0.1, 0.15) is 0 Å². The summed E-state index contributed by atoms with van der Waals surface area (Å²) in [6.45, 7) is 0. The maximum absolute atomic E-state index is 14.5. The zero-order chi connectivity index (χ0) is 19.6. The van der Waals surface area contributed by atoms with E-state index in [1.54, 1.807) is 22.6 Å². The molecular formula is C22H10F5N. The van der Waals surface area contributed by atoms with Crippen molar-refractivity contribution in [2.75, 3.05) is 0 Å². The number of rotatable bonds is 1. The van der Waals surface area contributed by atoms with Crippen LogP contribution in [0, 0.1) is 29.1 Å². The lowest BCUT2D eigenvalue weighted by molar-refractivity contribution is 0.381. The van der Waals surface area contributed by atoms with E-state index in [2.05, 4.69) is 0 Å². The fraction of sp³-hybridized carbons (Fsp3) is 0. The van der Waals surface area contributed by atoms with Gasteiger partial charge in [0.2, 0.25) is 5.82 Å². The number of nitrogens with zero attached hydrogens (tertiary/aromatic N) is 1. The first-order chi connectivity index (χ1) is 13.5. The molecule has 5 rings (SSSR count). The largest absolute Gasteiger partial charge is 0.309 e. The summed E-state index contributed by atoms with van der Waals surface area (Å²) in [5.74, 6) is -9.79. The third-order valence-electron chi connectivity index (χ3n) is 4.94. The standard InChI is InChI=1S/C22H10F5N/c23-18-17(19(24)21(26)22(27)20(18)25)13-9-11-5-1-3-7-14(11)28-15-8-4-2-6-12(15)10-16(13)28/h1-10H. The molecule has 0 aliphatic carbocycles. The van der Waals surface area contributed by atoms with Crippen LogP contribution >= 0.6 is 0 Å². The zero-order valence-corrected chi connectivity index (χ0v) is 14.1. The Balaban J connectivity index is 2.05. The maximum atomic E-state index is 14.5. The quantitative estimate of drug-likeness (QED) is 0.174. The van der Waals surface area contributed by atoms with Crippen molar-refractivity contribution in [2.24, 2.45) is 0 Å². The van der Waals surface area contributed by atoms with Gasteiger partial charge in [0, 0.05) is 10.9 Å². The number of benzene rings is 3. The van der Waals surface area contributed by atoms with Crippen molar-refractivity contribution >= 4 is 27.3 Å². The predicted molar refractivity (Wildman–Crippen MR) is 97.6 cm³/mol. The van der Waals surface area contributed by atoms with Crippen LogP contribution in [0.5, 0.6) is 0 Å². The first kappa shape index (κ1) is 16.7. The normalized spacial score (nSPS) is 11.8. The summed E-state index contributed by atoms with van der Waals surface area (Å²) in [4.78, 5) is 0. The van der Waals surface area contributed by atoms with E-state index in [-0.39, 0.29) is 5.56 Å². The monoisotopic (exact) mass is 383 g/mol. The molecule has 5 aromatic rings. The summed E-state index contributed by atoms with van der Waals surface area (Å²) in [7, 11) is 0. The van der Waals surface area contributed by atoms with Crippen LogP contribution in [0.15, 0.2) is 60.7 Å². The zero-order valence-electron chi connectivity index (χ0n) is 14.1. The second-order valence-corrected chi connectivity index (χ2v) is 6.49. The molecule has 1 nitrogen and oxygen atoms in total. The van der Waals surface area contributed by atoms with Gasteiger partial charge in [0.1, 0.15) is 0 Å². The van der Waals surface area contributed by atoms with Gasteiger partial charge in [-0.25, -0.2) is 22.0 Å². The van der Waals surface area contributed by atoms with Gasteiger partial charge in [0.25, 0.3) is 0 Å². The Hall–Kier alpha value is -3.41. The highest BCUT2D eigenvalue weighted by molar-refractivity contribution is 6.01. The van der Waals surface area contributed by atoms with E-state index in [0.29, 0.717) is 10.9 Å². The molecule has 0 fully saturated rings. The lowest BCUT2D eigenvalue weighted by atomic mass is 10.0. The van der Waals surface area contributed by atoms with Gasteiger partial charge in [-0.1, -0.05) is 36.4 Å². The van der Waals surface area contributed by atoms with Gasteiger partial charge < -0.3 is 4.40 Å². The number of fused-ring (bicyclic) bond motifs is 5. The molecule has 0 aliphatic rings. The second kappa shape index (κ2) is 5.79. The summed E-state index contributed by atoms with van der Waals surface area (Å²) in [5, 5.41) is 1.39. The molecule has 138 valence electrons. The molecule has 0 unspecified atom stereocenters. The van der Waals surface area contributed by atoms with Crippen LogP contribution in [0.25, 0.3) is 38.4 Å². The van der Waals surface area contributed by atoms with Crippen LogP contribution in [0.2, 0.25) is 0 Å². The van der Waals surface area contributed by atoms with E-state index in [4.69, 9.17) is 0 Å². The van der Waals surface area contributed by atoms with Crippen LogP contribution in [0.3, 0.4) is 0 Å².